The van der Waals surface area contributed by atoms with Crippen LogP contribution in [0.2, 0.25) is 0 Å². The lowest BCUT2D eigenvalue weighted by atomic mass is 9.92. The number of anilines is 1. The van der Waals surface area contributed by atoms with Gasteiger partial charge in [-0.05, 0) is 61.5 Å². The number of amides is 1. The molecule has 26 heavy (non-hydrogen) atoms. The highest BCUT2D eigenvalue weighted by atomic mass is 32.1. The molecule has 0 fully saturated rings. The van der Waals surface area contributed by atoms with E-state index >= 15 is 0 Å². The van der Waals surface area contributed by atoms with Gasteiger partial charge in [-0.1, -0.05) is 24.3 Å². The van der Waals surface area contributed by atoms with Gasteiger partial charge in [-0.25, -0.2) is 0 Å². The lowest BCUT2D eigenvalue weighted by Crippen LogP contribution is -2.46. The summed E-state index contributed by atoms with van der Waals surface area (Å²) in [7, 11) is 1.61. The van der Waals surface area contributed by atoms with Gasteiger partial charge in [-0.3, -0.25) is 4.79 Å². The Morgan fingerprint density at radius 1 is 1.12 bits per heavy atom. The summed E-state index contributed by atoms with van der Waals surface area (Å²) in [5, 5.41) is 9.74. The van der Waals surface area contributed by atoms with Crippen LogP contribution in [0.5, 0.6) is 5.75 Å². The molecule has 0 unspecified atom stereocenters. The van der Waals surface area contributed by atoms with E-state index in [-0.39, 0.29) is 11.9 Å². The Kier molecular flexibility index (Phi) is 5.23. The average molecular weight is 367 g/mol. The summed E-state index contributed by atoms with van der Waals surface area (Å²) in [5.74, 6) is 0.561. The molecule has 0 saturated heterocycles. The molecular weight excluding hydrogens is 346 g/mol. The smallest absolute Gasteiger partial charge is 0.255 e. The van der Waals surface area contributed by atoms with Gasteiger partial charge in [0.1, 0.15) is 5.75 Å². The molecule has 0 aromatic heterocycles. The fourth-order valence-electron chi connectivity index (χ4n) is 3.01. The van der Waals surface area contributed by atoms with E-state index in [0.29, 0.717) is 16.4 Å². The molecule has 5 nitrogen and oxygen atoms in total. The van der Waals surface area contributed by atoms with Crippen molar-refractivity contribution in [3.63, 3.8) is 0 Å². The molecule has 1 aliphatic heterocycles. The van der Waals surface area contributed by atoms with Gasteiger partial charge >= 0.3 is 0 Å². The van der Waals surface area contributed by atoms with Crippen molar-refractivity contribution in [3.05, 3.63) is 70.9 Å². The van der Waals surface area contributed by atoms with Crippen LogP contribution >= 0.6 is 12.2 Å². The zero-order chi connectivity index (χ0) is 18.7. The fourth-order valence-corrected chi connectivity index (χ4v) is 3.28. The molecule has 6 heteroatoms. The average Bonchev–Trinajstić information content (AvgIpc) is 2.62. The molecule has 3 rings (SSSR count). The summed E-state index contributed by atoms with van der Waals surface area (Å²) >= 11 is 5.30. The van der Waals surface area contributed by atoms with Gasteiger partial charge in [0, 0.05) is 11.4 Å². The minimum absolute atomic E-state index is 0.177. The number of benzene rings is 2. The number of thiocarbonyl (C=S) groups is 1. The molecule has 1 aliphatic rings. The van der Waals surface area contributed by atoms with Crippen LogP contribution in [0.1, 0.15) is 24.1 Å². The Hall–Kier alpha value is -2.86. The van der Waals surface area contributed by atoms with E-state index in [0.717, 1.165) is 22.6 Å². The summed E-state index contributed by atoms with van der Waals surface area (Å²) in [4.78, 5) is 13.0. The molecule has 0 aliphatic carbocycles. The van der Waals surface area contributed by atoms with Crippen LogP contribution in [0.25, 0.3) is 0 Å². The number of aryl methyl sites for hydroxylation is 1. The molecule has 134 valence electrons. The number of hydrogen-bond acceptors (Lipinski definition) is 3. The number of allylic oxidation sites excluding steroid dienone is 1. The van der Waals surface area contributed by atoms with Crippen molar-refractivity contribution >= 4 is 28.9 Å². The van der Waals surface area contributed by atoms with Crippen molar-refractivity contribution < 1.29 is 9.53 Å². The van der Waals surface area contributed by atoms with E-state index in [1.165, 1.54) is 0 Å². The molecule has 2 aromatic rings. The third-order valence-electron chi connectivity index (χ3n) is 4.36. The second-order valence-electron chi connectivity index (χ2n) is 6.11. The van der Waals surface area contributed by atoms with E-state index in [1.807, 2.05) is 62.4 Å². The highest BCUT2D eigenvalue weighted by molar-refractivity contribution is 7.80. The molecule has 0 radical (unpaired) electrons. The number of carbonyl (C=O) groups is 1. The maximum Gasteiger partial charge on any atom is 0.255 e. The van der Waals surface area contributed by atoms with Crippen LogP contribution in [-0.2, 0) is 4.79 Å². The van der Waals surface area contributed by atoms with Crippen LogP contribution in [0, 0.1) is 6.92 Å². The van der Waals surface area contributed by atoms with Gasteiger partial charge < -0.3 is 20.7 Å². The molecule has 0 bridgehead atoms. The van der Waals surface area contributed by atoms with Crippen molar-refractivity contribution in [3.8, 4) is 5.75 Å². The monoisotopic (exact) mass is 367 g/mol. The fraction of sp³-hybridized carbons (Fsp3) is 0.200. The summed E-state index contributed by atoms with van der Waals surface area (Å²) in [5.41, 5.74) is 4.18. The number of carbonyl (C=O) groups excluding carboxylic acids is 1. The van der Waals surface area contributed by atoms with Crippen molar-refractivity contribution in [2.24, 2.45) is 0 Å². The molecular formula is C20H21N3O2S. The first kappa shape index (κ1) is 17.9. The number of nitrogens with one attached hydrogen (secondary N) is 3. The number of ether oxygens (including phenoxy) is 1. The first-order valence-electron chi connectivity index (χ1n) is 8.29. The third kappa shape index (κ3) is 3.70. The first-order chi connectivity index (χ1) is 12.5. The van der Waals surface area contributed by atoms with Crippen molar-refractivity contribution in [1.82, 2.24) is 10.6 Å². The first-order valence-corrected chi connectivity index (χ1v) is 8.69. The second-order valence-corrected chi connectivity index (χ2v) is 6.52. The van der Waals surface area contributed by atoms with Gasteiger partial charge in [0.15, 0.2) is 5.11 Å². The quantitative estimate of drug-likeness (QED) is 0.723. The van der Waals surface area contributed by atoms with E-state index in [4.69, 9.17) is 17.0 Å². The van der Waals surface area contributed by atoms with E-state index in [2.05, 4.69) is 16.0 Å². The lowest BCUT2D eigenvalue weighted by molar-refractivity contribution is -0.113. The van der Waals surface area contributed by atoms with E-state index < -0.39 is 0 Å². The van der Waals surface area contributed by atoms with Crippen LogP contribution in [-0.4, -0.2) is 18.1 Å². The van der Waals surface area contributed by atoms with Crippen LogP contribution in [0.4, 0.5) is 5.69 Å². The van der Waals surface area contributed by atoms with Gasteiger partial charge in [0.05, 0.1) is 18.7 Å². The Morgan fingerprint density at radius 3 is 2.46 bits per heavy atom. The van der Waals surface area contributed by atoms with E-state index in [9.17, 15) is 4.79 Å². The van der Waals surface area contributed by atoms with Gasteiger partial charge in [0.25, 0.3) is 5.91 Å². The van der Waals surface area contributed by atoms with Crippen LogP contribution in [0.15, 0.2) is 59.8 Å². The Balaban J connectivity index is 1.93. The van der Waals surface area contributed by atoms with Gasteiger partial charge in [-0.2, -0.15) is 0 Å². The summed E-state index contributed by atoms with van der Waals surface area (Å²) in [6, 6.07) is 14.9. The van der Waals surface area contributed by atoms with Crippen molar-refractivity contribution in [2.75, 3.05) is 12.4 Å². The summed E-state index contributed by atoms with van der Waals surface area (Å²) in [6.45, 7) is 3.89. The van der Waals surface area contributed by atoms with E-state index in [1.54, 1.807) is 7.11 Å². The predicted molar refractivity (Wildman–Crippen MR) is 107 cm³/mol. The largest absolute Gasteiger partial charge is 0.497 e. The van der Waals surface area contributed by atoms with Gasteiger partial charge in [-0.15, -0.1) is 0 Å². The Bertz CT molecular complexity index is 875. The predicted octanol–water partition coefficient (Wildman–Crippen LogP) is 3.44. The normalized spacial score (nSPS) is 16.6. The Morgan fingerprint density at radius 2 is 1.81 bits per heavy atom. The van der Waals surface area contributed by atoms with Crippen LogP contribution < -0.4 is 20.7 Å². The maximum atomic E-state index is 13.0. The maximum absolute atomic E-state index is 13.0. The van der Waals surface area contributed by atoms with Crippen molar-refractivity contribution in [1.29, 1.82) is 0 Å². The molecule has 2 aromatic carbocycles. The van der Waals surface area contributed by atoms with Gasteiger partial charge in [0.2, 0.25) is 0 Å². The van der Waals surface area contributed by atoms with Crippen molar-refractivity contribution in [2.45, 2.75) is 19.9 Å². The Labute approximate surface area is 158 Å². The third-order valence-corrected chi connectivity index (χ3v) is 4.58. The molecule has 0 saturated carbocycles. The molecule has 1 atom stereocenters. The topological polar surface area (TPSA) is 62.4 Å². The second kappa shape index (κ2) is 7.58. The molecule has 3 N–H and O–H groups in total. The van der Waals surface area contributed by atoms with Crippen LogP contribution in [0.3, 0.4) is 0 Å². The number of hydrogen-bond donors (Lipinski definition) is 3. The highest BCUT2D eigenvalue weighted by Crippen LogP contribution is 2.29. The number of methoxy groups -OCH3 is 1. The standard InChI is InChI=1S/C20H21N3O2S/c1-12-6-4-5-7-16(12)18-17(13(2)21-20(26)23-18)19(24)22-14-8-10-15(25-3)11-9-14/h4-11,18H,1-3H3,(H,22,24)(H2,21,23,26)/t18-/m0/s1. The SMILES string of the molecule is COc1ccc(NC(=O)C2=C(C)NC(=S)N[C@H]2c2ccccc2C)cc1. The highest BCUT2D eigenvalue weighted by Gasteiger charge is 2.30. The number of rotatable bonds is 4. The molecule has 1 amide bonds. The minimum atomic E-state index is -0.303. The zero-order valence-corrected chi connectivity index (χ0v) is 15.7. The lowest BCUT2D eigenvalue weighted by Gasteiger charge is -2.31. The minimum Gasteiger partial charge on any atom is -0.497 e. The summed E-state index contributed by atoms with van der Waals surface area (Å²) in [6.07, 6.45) is 0. The zero-order valence-electron chi connectivity index (χ0n) is 14.9. The molecule has 1 heterocycles. The summed E-state index contributed by atoms with van der Waals surface area (Å²) < 4.78 is 5.15. The molecule has 0 spiro atoms.